The Morgan fingerprint density at radius 2 is 1.77 bits per heavy atom. The normalized spacial score (nSPS) is 15.6. The Bertz CT molecular complexity index is 1500. The number of hydrogen-bond acceptors (Lipinski definition) is 5. The van der Waals surface area contributed by atoms with Crippen molar-refractivity contribution in [2.75, 3.05) is 19.6 Å². The summed E-state index contributed by atoms with van der Waals surface area (Å²) in [5.41, 5.74) is 6.90. The zero-order chi connectivity index (χ0) is 31.4. The highest BCUT2D eigenvalue weighted by Crippen LogP contribution is 2.33. The maximum atomic E-state index is 13.8. The molecule has 2 heterocycles. The van der Waals surface area contributed by atoms with Crippen LogP contribution in [0.4, 0.5) is 0 Å². The van der Waals surface area contributed by atoms with Gasteiger partial charge in [0.25, 0.3) is 17.7 Å². The van der Waals surface area contributed by atoms with E-state index in [1.165, 1.54) is 10.5 Å². The summed E-state index contributed by atoms with van der Waals surface area (Å²) >= 11 is 6.30. The van der Waals surface area contributed by atoms with E-state index in [0.717, 1.165) is 22.9 Å². The maximum absolute atomic E-state index is 13.8. The van der Waals surface area contributed by atoms with Crippen LogP contribution in [0.15, 0.2) is 48.5 Å². The van der Waals surface area contributed by atoms with Crippen molar-refractivity contribution in [1.82, 2.24) is 20.5 Å². The summed E-state index contributed by atoms with van der Waals surface area (Å²) in [7, 11) is 0. The molecule has 4 rings (SSSR count). The molecule has 0 bridgehead atoms. The summed E-state index contributed by atoms with van der Waals surface area (Å²) in [4.78, 5) is 57.0. The van der Waals surface area contributed by atoms with Gasteiger partial charge in [0.1, 0.15) is 5.69 Å². The summed E-state index contributed by atoms with van der Waals surface area (Å²) in [6.45, 7) is 7.90. The molecule has 0 aliphatic carbocycles. The van der Waals surface area contributed by atoms with Gasteiger partial charge >= 0.3 is 0 Å². The number of carbonyl (C=O) groups is 4. The lowest BCUT2D eigenvalue weighted by Crippen LogP contribution is -2.57. The Labute approximate surface area is 256 Å². The molecule has 3 aromatic rings. The summed E-state index contributed by atoms with van der Waals surface area (Å²) in [6.07, 6.45) is -0.0465. The van der Waals surface area contributed by atoms with Gasteiger partial charge in [-0.2, -0.15) is 0 Å². The number of H-pyrrole nitrogens is 1. The average Bonchev–Trinajstić information content (AvgIpc) is 3.41. The fourth-order valence-corrected chi connectivity index (χ4v) is 5.47. The number of hydrogen-bond donors (Lipinski definition) is 4. The second-order valence-corrected chi connectivity index (χ2v) is 12.4. The molecule has 0 radical (unpaired) electrons. The molecule has 1 aromatic heterocycles. The molecule has 2 aromatic carbocycles. The van der Waals surface area contributed by atoms with Crippen LogP contribution in [0.3, 0.4) is 0 Å². The van der Waals surface area contributed by atoms with E-state index in [1.807, 2.05) is 36.4 Å². The van der Waals surface area contributed by atoms with Crippen molar-refractivity contribution in [1.29, 1.82) is 0 Å². The number of ether oxygens (including phenoxy) is 1. The number of primary amides is 1. The highest BCUT2D eigenvalue weighted by atomic mass is 35.5. The van der Waals surface area contributed by atoms with E-state index in [9.17, 15) is 19.2 Å². The molecule has 1 aliphatic heterocycles. The number of halogens is 1. The van der Waals surface area contributed by atoms with Gasteiger partial charge in [0.05, 0.1) is 11.0 Å². The first-order chi connectivity index (χ1) is 20.3. The Morgan fingerprint density at radius 3 is 2.40 bits per heavy atom. The predicted molar refractivity (Wildman–Crippen MR) is 165 cm³/mol. The Balaban J connectivity index is 1.51. The predicted octanol–water partition coefficient (Wildman–Crippen LogP) is 3.71. The number of rotatable bonds is 10. The quantitative estimate of drug-likeness (QED) is 0.259. The summed E-state index contributed by atoms with van der Waals surface area (Å²) in [5, 5.41) is 7.40. The topological polar surface area (TPSA) is 147 Å². The minimum Gasteiger partial charge on any atom is -0.367 e. The number of amides is 4. The van der Waals surface area contributed by atoms with Crippen LogP contribution >= 0.6 is 11.6 Å². The van der Waals surface area contributed by atoms with E-state index < -0.39 is 28.9 Å². The smallest absolute Gasteiger partial charge is 0.267 e. The lowest BCUT2D eigenvalue weighted by molar-refractivity contribution is -0.163. The van der Waals surface area contributed by atoms with E-state index >= 15 is 0 Å². The number of nitrogens with two attached hydrogens (primary N) is 1. The third-order valence-corrected chi connectivity index (χ3v) is 8.16. The SMILES string of the molecule is CCc1ccc2[nH]c(C(=O)NCC3(C(=O)NCc4ccccc4Cl)CCN(C(=O)C(OC(C)(C)C)C(N)=O)CC3)cc2c1. The van der Waals surface area contributed by atoms with Crippen LogP contribution < -0.4 is 16.4 Å². The molecule has 1 fully saturated rings. The van der Waals surface area contributed by atoms with Crippen LogP contribution in [-0.4, -0.2) is 64.9 Å². The number of aryl methyl sites for hydroxylation is 1. The van der Waals surface area contributed by atoms with Crippen LogP contribution in [0.5, 0.6) is 0 Å². The van der Waals surface area contributed by atoms with Gasteiger partial charge in [-0.15, -0.1) is 0 Å². The number of aromatic nitrogens is 1. The van der Waals surface area contributed by atoms with E-state index in [2.05, 4.69) is 22.5 Å². The van der Waals surface area contributed by atoms with Gasteiger partial charge in [-0.05, 0) is 75.4 Å². The molecule has 11 heteroatoms. The van der Waals surface area contributed by atoms with Crippen molar-refractivity contribution in [3.8, 4) is 0 Å². The third-order valence-electron chi connectivity index (χ3n) is 7.79. The van der Waals surface area contributed by atoms with E-state index in [-0.39, 0.29) is 50.8 Å². The molecule has 1 saturated heterocycles. The first-order valence-corrected chi connectivity index (χ1v) is 14.9. The van der Waals surface area contributed by atoms with Gasteiger partial charge < -0.3 is 31.0 Å². The summed E-state index contributed by atoms with van der Waals surface area (Å²) in [6, 6.07) is 15.0. The number of aromatic amines is 1. The highest BCUT2D eigenvalue weighted by Gasteiger charge is 2.44. The Morgan fingerprint density at radius 1 is 1.07 bits per heavy atom. The van der Waals surface area contributed by atoms with Crippen LogP contribution in [0.2, 0.25) is 5.02 Å². The van der Waals surface area contributed by atoms with Crippen molar-refractivity contribution in [2.24, 2.45) is 11.1 Å². The number of nitrogens with zero attached hydrogens (tertiary/aromatic N) is 1. The fraction of sp³-hybridized carbons (Fsp3) is 0.438. The Kier molecular flexibility index (Phi) is 9.82. The number of nitrogens with one attached hydrogen (secondary N) is 3. The van der Waals surface area contributed by atoms with Gasteiger partial charge in [0.2, 0.25) is 12.0 Å². The van der Waals surface area contributed by atoms with Gasteiger partial charge in [-0.25, -0.2) is 0 Å². The molecular weight excluding hydrogens is 570 g/mol. The molecule has 1 atom stereocenters. The molecule has 1 aliphatic rings. The zero-order valence-electron chi connectivity index (χ0n) is 25.1. The van der Waals surface area contributed by atoms with E-state index in [0.29, 0.717) is 10.7 Å². The van der Waals surface area contributed by atoms with Crippen molar-refractivity contribution < 1.29 is 23.9 Å². The average molecular weight is 610 g/mol. The van der Waals surface area contributed by atoms with Gasteiger partial charge in [-0.1, -0.05) is 42.8 Å². The number of fused-ring (bicyclic) bond motifs is 1. The number of benzene rings is 2. The molecule has 0 spiro atoms. The largest absolute Gasteiger partial charge is 0.367 e. The minimum absolute atomic E-state index is 0.0511. The van der Waals surface area contributed by atoms with Gasteiger partial charge in [-0.3, -0.25) is 19.2 Å². The summed E-state index contributed by atoms with van der Waals surface area (Å²) in [5.74, 6) is -2.01. The molecular formula is C32H40ClN5O5. The van der Waals surface area contributed by atoms with Crippen molar-refractivity contribution >= 4 is 46.1 Å². The minimum atomic E-state index is -1.43. The van der Waals surface area contributed by atoms with Gasteiger partial charge in [0.15, 0.2) is 0 Å². The van der Waals surface area contributed by atoms with Crippen molar-refractivity contribution in [3.05, 3.63) is 70.4 Å². The second kappa shape index (κ2) is 13.2. The number of likely N-dealkylation sites (tertiary alicyclic amines) is 1. The lowest BCUT2D eigenvalue weighted by Gasteiger charge is -2.41. The first-order valence-electron chi connectivity index (χ1n) is 14.5. The molecule has 5 N–H and O–H groups in total. The highest BCUT2D eigenvalue weighted by molar-refractivity contribution is 6.31. The first kappa shape index (κ1) is 32.0. The van der Waals surface area contributed by atoms with Crippen LogP contribution in [0, 0.1) is 5.41 Å². The van der Waals surface area contributed by atoms with Crippen LogP contribution in [-0.2, 0) is 32.1 Å². The van der Waals surface area contributed by atoms with Gasteiger partial charge in [0, 0.05) is 42.1 Å². The number of carbonyl (C=O) groups excluding carboxylic acids is 4. The fourth-order valence-electron chi connectivity index (χ4n) is 5.26. The summed E-state index contributed by atoms with van der Waals surface area (Å²) < 4.78 is 5.66. The molecule has 43 heavy (non-hydrogen) atoms. The van der Waals surface area contributed by atoms with E-state index in [4.69, 9.17) is 22.1 Å². The van der Waals surface area contributed by atoms with Crippen molar-refractivity contribution in [2.45, 2.75) is 65.2 Å². The lowest BCUT2D eigenvalue weighted by atomic mass is 9.77. The standard InChI is InChI=1S/C32H40ClN5O5/c1-5-20-10-11-24-22(16-20)17-25(37-24)28(40)36-19-32(30(42)35-18-21-8-6-7-9-23(21)33)12-14-38(15-13-32)29(41)26(27(34)39)43-31(2,3)4/h6-11,16-17,26,37H,5,12-15,18-19H2,1-4H3,(H2,34,39)(H,35,42)(H,36,40). The molecule has 4 amide bonds. The van der Waals surface area contributed by atoms with Crippen LogP contribution in [0.25, 0.3) is 10.9 Å². The van der Waals surface area contributed by atoms with E-state index in [1.54, 1.807) is 32.9 Å². The Hall–Kier alpha value is -3.89. The number of piperidine rings is 1. The molecule has 1 unspecified atom stereocenters. The molecule has 0 saturated carbocycles. The maximum Gasteiger partial charge on any atom is 0.267 e. The zero-order valence-corrected chi connectivity index (χ0v) is 25.8. The monoisotopic (exact) mass is 609 g/mol. The molecule has 10 nitrogen and oxygen atoms in total. The van der Waals surface area contributed by atoms with Crippen molar-refractivity contribution in [3.63, 3.8) is 0 Å². The molecule has 230 valence electrons. The third kappa shape index (κ3) is 7.74. The second-order valence-electron chi connectivity index (χ2n) is 12.0. The van der Waals surface area contributed by atoms with Crippen LogP contribution in [0.1, 0.15) is 62.2 Å².